The van der Waals surface area contributed by atoms with Gasteiger partial charge in [0.05, 0.1) is 5.56 Å². The average Bonchev–Trinajstić information content (AvgIpc) is 2.43. The Hall–Kier alpha value is -2.56. The lowest BCUT2D eigenvalue weighted by Crippen LogP contribution is -2.05. The smallest absolute Gasteiger partial charge is 0.338 e. The summed E-state index contributed by atoms with van der Waals surface area (Å²) in [5.74, 6) is -0.423. The minimum atomic E-state index is -1.10. The van der Waals surface area contributed by atoms with E-state index in [0.717, 1.165) is 12.8 Å². The molecule has 20 heavy (non-hydrogen) atoms. The molecular formula is C15H16N2O3. The van der Waals surface area contributed by atoms with E-state index in [4.69, 9.17) is 15.6 Å². The number of carbonyl (C=O) groups is 1. The van der Waals surface area contributed by atoms with Crippen molar-refractivity contribution in [3.63, 3.8) is 0 Å². The molecule has 0 amide bonds. The Balaban J connectivity index is 2.21. The maximum Gasteiger partial charge on any atom is 0.338 e. The van der Waals surface area contributed by atoms with Crippen LogP contribution in [-0.4, -0.2) is 16.1 Å². The highest BCUT2D eigenvalue weighted by Crippen LogP contribution is 2.27. The highest BCUT2D eigenvalue weighted by molar-refractivity contribution is 5.94. The Bertz CT molecular complexity index is 609. The predicted octanol–water partition coefficient (Wildman–Crippen LogP) is 3.11. The van der Waals surface area contributed by atoms with E-state index < -0.39 is 5.97 Å². The van der Waals surface area contributed by atoms with Gasteiger partial charge < -0.3 is 15.6 Å². The van der Waals surface area contributed by atoms with Crippen molar-refractivity contribution in [2.75, 3.05) is 5.73 Å². The summed E-state index contributed by atoms with van der Waals surface area (Å²) in [7, 11) is 0. The third-order valence-corrected chi connectivity index (χ3v) is 2.86. The normalized spacial score (nSPS) is 10.2. The van der Waals surface area contributed by atoms with Gasteiger partial charge in [-0.3, -0.25) is 0 Å². The van der Waals surface area contributed by atoms with Crippen molar-refractivity contribution in [3.05, 3.63) is 47.7 Å². The number of aromatic carboxylic acids is 1. The number of anilines is 1. The molecule has 0 saturated carbocycles. The molecule has 3 N–H and O–H groups in total. The number of rotatable bonds is 5. The van der Waals surface area contributed by atoms with Gasteiger partial charge in [-0.25, -0.2) is 9.78 Å². The van der Waals surface area contributed by atoms with Crippen LogP contribution in [0.3, 0.4) is 0 Å². The molecule has 1 aromatic carbocycles. The summed E-state index contributed by atoms with van der Waals surface area (Å²) in [5.41, 5.74) is 6.97. The molecule has 0 fully saturated rings. The quantitative estimate of drug-likeness (QED) is 0.873. The van der Waals surface area contributed by atoms with Crippen LogP contribution in [-0.2, 0) is 6.42 Å². The maximum atomic E-state index is 11.0. The Kier molecular flexibility index (Phi) is 4.20. The van der Waals surface area contributed by atoms with Crippen LogP contribution in [0.5, 0.6) is 11.6 Å². The molecule has 104 valence electrons. The van der Waals surface area contributed by atoms with Gasteiger partial charge in [0.2, 0.25) is 5.88 Å². The van der Waals surface area contributed by atoms with E-state index in [1.54, 1.807) is 0 Å². The molecule has 5 heteroatoms. The van der Waals surface area contributed by atoms with Crippen molar-refractivity contribution in [2.24, 2.45) is 0 Å². The highest BCUT2D eigenvalue weighted by Gasteiger charge is 2.13. The zero-order valence-corrected chi connectivity index (χ0v) is 11.2. The number of hydrogen-bond donors (Lipinski definition) is 2. The van der Waals surface area contributed by atoms with Crippen LogP contribution in [0, 0.1) is 0 Å². The fraction of sp³-hybridized carbons (Fsp3) is 0.200. The van der Waals surface area contributed by atoms with E-state index in [1.165, 1.54) is 17.8 Å². The SMILES string of the molecule is CCCc1ccc(Oc2nccc(C(=O)O)c2N)cc1. The van der Waals surface area contributed by atoms with E-state index >= 15 is 0 Å². The number of nitrogen functional groups attached to an aromatic ring is 1. The van der Waals surface area contributed by atoms with Gasteiger partial charge in [0.1, 0.15) is 11.4 Å². The van der Waals surface area contributed by atoms with Crippen LogP contribution in [0.25, 0.3) is 0 Å². The number of hydrogen-bond acceptors (Lipinski definition) is 4. The van der Waals surface area contributed by atoms with Crippen molar-refractivity contribution in [2.45, 2.75) is 19.8 Å². The van der Waals surface area contributed by atoms with Crippen molar-refractivity contribution in [1.29, 1.82) is 0 Å². The van der Waals surface area contributed by atoms with Gasteiger partial charge in [0.15, 0.2) is 0 Å². The Morgan fingerprint density at radius 2 is 2.00 bits per heavy atom. The minimum Gasteiger partial charge on any atom is -0.478 e. The van der Waals surface area contributed by atoms with Crippen LogP contribution in [0.1, 0.15) is 29.3 Å². The summed E-state index contributed by atoms with van der Waals surface area (Å²) in [6.45, 7) is 2.12. The molecule has 0 aliphatic heterocycles. The number of aromatic nitrogens is 1. The molecule has 0 saturated heterocycles. The summed E-state index contributed by atoms with van der Waals surface area (Å²) in [4.78, 5) is 14.9. The largest absolute Gasteiger partial charge is 0.478 e. The molecule has 0 aliphatic rings. The zero-order chi connectivity index (χ0) is 14.5. The first-order valence-electron chi connectivity index (χ1n) is 6.36. The number of ether oxygens (including phenoxy) is 1. The molecule has 0 bridgehead atoms. The van der Waals surface area contributed by atoms with Gasteiger partial charge >= 0.3 is 5.97 Å². The minimum absolute atomic E-state index is 0.0161. The van der Waals surface area contributed by atoms with E-state index in [2.05, 4.69) is 11.9 Å². The van der Waals surface area contributed by atoms with Crippen molar-refractivity contribution in [3.8, 4) is 11.6 Å². The first-order chi connectivity index (χ1) is 9.61. The van der Waals surface area contributed by atoms with Crippen LogP contribution in [0.4, 0.5) is 5.69 Å². The second-order valence-corrected chi connectivity index (χ2v) is 4.38. The fourth-order valence-electron chi connectivity index (χ4n) is 1.85. The lowest BCUT2D eigenvalue weighted by Gasteiger charge is -2.09. The topological polar surface area (TPSA) is 85.4 Å². The molecule has 0 aliphatic carbocycles. The number of nitrogens with zero attached hydrogens (tertiary/aromatic N) is 1. The number of nitrogens with two attached hydrogens (primary N) is 1. The summed E-state index contributed by atoms with van der Waals surface area (Å²) >= 11 is 0. The van der Waals surface area contributed by atoms with Crippen LogP contribution in [0.2, 0.25) is 0 Å². The monoisotopic (exact) mass is 272 g/mol. The molecule has 2 rings (SSSR count). The first kappa shape index (κ1) is 13.9. The van der Waals surface area contributed by atoms with Gasteiger partial charge in [-0.1, -0.05) is 25.5 Å². The second-order valence-electron chi connectivity index (χ2n) is 4.38. The van der Waals surface area contributed by atoms with Crippen molar-refractivity contribution in [1.82, 2.24) is 4.98 Å². The summed E-state index contributed by atoms with van der Waals surface area (Å²) in [5, 5.41) is 8.99. The van der Waals surface area contributed by atoms with Crippen molar-refractivity contribution < 1.29 is 14.6 Å². The molecule has 2 aromatic rings. The van der Waals surface area contributed by atoms with Gasteiger partial charge in [0.25, 0.3) is 0 Å². The highest BCUT2D eigenvalue weighted by atomic mass is 16.5. The molecule has 5 nitrogen and oxygen atoms in total. The van der Waals surface area contributed by atoms with Crippen LogP contribution in [0.15, 0.2) is 36.5 Å². The van der Waals surface area contributed by atoms with E-state index in [-0.39, 0.29) is 17.1 Å². The van der Waals surface area contributed by atoms with Gasteiger partial charge in [-0.2, -0.15) is 0 Å². The van der Waals surface area contributed by atoms with E-state index in [9.17, 15) is 4.79 Å². The third-order valence-electron chi connectivity index (χ3n) is 2.86. The number of aryl methyl sites for hydroxylation is 1. The van der Waals surface area contributed by atoms with E-state index in [0.29, 0.717) is 5.75 Å². The summed E-state index contributed by atoms with van der Waals surface area (Å²) in [6.07, 6.45) is 3.45. The van der Waals surface area contributed by atoms with Crippen molar-refractivity contribution >= 4 is 11.7 Å². The first-order valence-corrected chi connectivity index (χ1v) is 6.36. The average molecular weight is 272 g/mol. The van der Waals surface area contributed by atoms with Gasteiger partial charge in [0, 0.05) is 6.20 Å². The number of carboxylic acids is 1. The lowest BCUT2D eigenvalue weighted by molar-refractivity contribution is 0.0697. The maximum absolute atomic E-state index is 11.0. The van der Waals surface area contributed by atoms with Gasteiger partial charge in [-0.05, 0) is 30.2 Å². The van der Waals surface area contributed by atoms with E-state index in [1.807, 2.05) is 24.3 Å². The molecule has 0 spiro atoms. The number of benzene rings is 1. The molecular weight excluding hydrogens is 256 g/mol. The molecule has 0 unspecified atom stereocenters. The molecule has 1 heterocycles. The van der Waals surface area contributed by atoms with Crippen LogP contribution >= 0.6 is 0 Å². The Labute approximate surface area is 117 Å². The number of carboxylic acid groups (broad SMARTS) is 1. The summed E-state index contributed by atoms with van der Waals surface area (Å²) < 4.78 is 5.53. The van der Waals surface area contributed by atoms with Crippen LogP contribution < -0.4 is 10.5 Å². The number of pyridine rings is 1. The predicted molar refractivity (Wildman–Crippen MR) is 76.1 cm³/mol. The zero-order valence-electron chi connectivity index (χ0n) is 11.2. The van der Waals surface area contributed by atoms with Gasteiger partial charge in [-0.15, -0.1) is 0 Å². The summed E-state index contributed by atoms with van der Waals surface area (Å²) in [6, 6.07) is 8.92. The standard InChI is InChI=1S/C15H16N2O3/c1-2-3-10-4-6-11(7-5-10)20-14-13(16)12(15(18)19)8-9-17-14/h4-9H,2-3,16H2,1H3,(H,18,19). The Morgan fingerprint density at radius 3 is 2.60 bits per heavy atom. The fourth-order valence-corrected chi connectivity index (χ4v) is 1.85. The lowest BCUT2D eigenvalue weighted by atomic mass is 10.1. The molecule has 1 aromatic heterocycles. The third kappa shape index (κ3) is 3.06. The molecule has 0 radical (unpaired) electrons. The Morgan fingerprint density at radius 1 is 1.30 bits per heavy atom. The second kappa shape index (κ2) is 6.06. The molecule has 0 atom stereocenters.